The van der Waals surface area contributed by atoms with Crippen LogP contribution >= 0.6 is 0 Å². The summed E-state index contributed by atoms with van der Waals surface area (Å²) in [5.41, 5.74) is 1.19. The molecule has 1 fully saturated rings. The minimum Gasteiger partial charge on any atom is -0.481 e. The second-order valence-electron chi connectivity index (χ2n) is 5.89. The Bertz CT molecular complexity index is 497. The van der Waals surface area contributed by atoms with Crippen molar-refractivity contribution in [2.45, 2.75) is 51.4 Å². The second kappa shape index (κ2) is 9.48. The maximum atomic E-state index is 10.5. The van der Waals surface area contributed by atoms with Gasteiger partial charge in [-0.15, -0.1) is 0 Å². The number of unbranched alkanes of at least 4 members (excludes halogenated alkanes) is 1. The Hall–Kier alpha value is -1.65. The molecule has 1 aromatic carbocycles. The van der Waals surface area contributed by atoms with Gasteiger partial charge in [-0.05, 0) is 31.2 Å². The molecule has 4 heteroatoms. The summed E-state index contributed by atoms with van der Waals surface area (Å²) < 4.78 is 11.9. The van der Waals surface area contributed by atoms with E-state index >= 15 is 0 Å². The van der Waals surface area contributed by atoms with E-state index < -0.39 is 5.97 Å². The van der Waals surface area contributed by atoms with Crippen LogP contribution < -0.4 is 0 Å². The van der Waals surface area contributed by atoms with Gasteiger partial charge in [0.1, 0.15) is 0 Å². The lowest BCUT2D eigenvalue weighted by Gasteiger charge is -2.36. The van der Waals surface area contributed by atoms with Crippen LogP contribution in [0.5, 0.6) is 0 Å². The monoisotopic (exact) mass is 318 g/mol. The van der Waals surface area contributed by atoms with E-state index in [1.54, 1.807) is 0 Å². The number of aliphatic carboxylic acids is 1. The third-order valence-corrected chi connectivity index (χ3v) is 4.05. The molecule has 1 aliphatic heterocycles. The van der Waals surface area contributed by atoms with Crippen molar-refractivity contribution in [3.05, 3.63) is 48.0 Å². The summed E-state index contributed by atoms with van der Waals surface area (Å²) in [5.74, 6) is -0.446. The molecule has 0 aromatic heterocycles. The summed E-state index contributed by atoms with van der Waals surface area (Å²) in [7, 11) is 0. The van der Waals surface area contributed by atoms with Crippen LogP contribution in [0.3, 0.4) is 0 Å². The van der Waals surface area contributed by atoms with E-state index in [4.69, 9.17) is 14.6 Å². The fraction of sp³-hybridized carbons (Fsp3) is 0.526. The zero-order valence-electron chi connectivity index (χ0n) is 13.7. The Morgan fingerprint density at radius 3 is 2.78 bits per heavy atom. The Morgan fingerprint density at radius 1 is 1.30 bits per heavy atom. The van der Waals surface area contributed by atoms with Crippen molar-refractivity contribution >= 4 is 5.97 Å². The molecule has 3 atom stereocenters. The van der Waals surface area contributed by atoms with Gasteiger partial charge in [0.25, 0.3) is 0 Å². The van der Waals surface area contributed by atoms with E-state index in [1.807, 2.05) is 18.2 Å². The average Bonchev–Trinajstić information content (AvgIpc) is 2.58. The fourth-order valence-electron chi connectivity index (χ4n) is 2.79. The van der Waals surface area contributed by atoms with Crippen molar-refractivity contribution in [3.63, 3.8) is 0 Å². The zero-order valence-corrected chi connectivity index (χ0v) is 13.7. The Morgan fingerprint density at radius 2 is 2.09 bits per heavy atom. The summed E-state index contributed by atoms with van der Waals surface area (Å²) >= 11 is 0. The van der Waals surface area contributed by atoms with E-state index in [2.05, 4.69) is 31.2 Å². The molecule has 4 nitrogen and oxygen atoms in total. The second-order valence-corrected chi connectivity index (χ2v) is 5.89. The first-order valence-corrected chi connectivity index (χ1v) is 8.39. The van der Waals surface area contributed by atoms with Crippen LogP contribution in [0.4, 0.5) is 0 Å². The molecule has 0 saturated carbocycles. The first-order chi connectivity index (χ1) is 11.2. The first-order valence-electron chi connectivity index (χ1n) is 8.39. The lowest BCUT2D eigenvalue weighted by atomic mass is 9.92. The molecule has 0 amide bonds. The van der Waals surface area contributed by atoms with E-state index in [0.717, 1.165) is 19.3 Å². The molecule has 1 aliphatic rings. The Kier molecular flexibility index (Phi) is 7.30. The molecule has 0 aliphatic carbocycles. The number of hydrogen-bond acceptors (Lipinski definition) is 3. The molecule has 1 heterocycles. The summed E-state index contributed by atoms with van der Waals surface area (Å²) in [6.07, 6.45) is 7.56. The van der Waals surface area contributed by atoms with Gasteiger partial charge >= 0.3 is 5.97 Å². The predicted octanol–water partition coefficient (Wildman–Crippen LogP) is 4.33. The molecule has 1 aromatic rings. The lowest BCUT2D eigenvalue weighted by molar-refractivity contribution is -0.239. The number of carboxylic acids is 1. The predicted molar refractivity (Wildman–Crippen MR) is 89.0 cm³/mol. The minimum absolute atomic E-state index is 0.0542. The van der Waals surface area contributed by atoms with Gasteiger partial charge in [0.15, 0.2) is 6.29 Å². The fourth-order valence-corrected chi connectivity index (χ4v) is 2.79. The molecule has 126 valence electrons. The molecule has 0 radical (unpaired) electrons. The molecule has 23 heavy (non-hydrogen) atoms. The number of allylic oxidation sites excluding steroid dienone is 2. The number of carboxylic acid groups (broad SMARTS) is 1. The number of benzene rings is 1. The molecule has 3 unspecified atom stereocenters. The van der Waals surface area contributed by atoms with Gasteiger partial charge in [-0.1, -0.05) is 49.4 Å². The quantitative estimate of drug-likeness (QED) is 0.572. The maximum Gasteiger partial charge on any atom is 0.303 e. The Labute approximate surface area is 138 Å². The number of carbonyl (C=O) groups is 1. The van der Waals surface area contributed by atoms with Gasteiger partial charge in [0.2, 0.25) is 0 Å². The smallest absolute Gasteiger partial charge is 0.303 e. The summed E-state index contributed by atoms with van der Waals surface area (Å²) in [5, 5.41) is 8.63. The van der Waals surface area contributed by atoms with Crippen molar-refractivity contribution in [3.8, 4) is 0 Å². The highest BCUT2D eigenvalue weighted by Gasteiger charge is 2.31. The van der Waals surface area contributed by atoms with Crippen molar-refractivity contribution in [2.24, 2.45) is 5.92 Å². The van der Waals surface area contributed by atoms with Crippen molar-refractivity contribution in [1.29, 1.82) is 0 Å². The van der Waals surface area contributed by atoms with Crippen LogP contribution in [0.1, 0.15) is 50.7 Å². The van der Waals surface area contributed by atoms with Crippen molar-refractivity contribution in [2.75, 3.05) is 6.61 Å². The van der Waals surface area contributed by atoms with Crippen LogP contribution in [0.25, 0.3) is 0 Å². The minimum atomic E-state index is -0.734. The summed E-state index contributed by atoms with van der Waals surface area (Å²) in [6, 6.07) is 10.3. The highest BCUT2D eigenvalue weighted by atomic mass is 16.7. The molecular weight excluding hydrogens is 292 g/mol. The van der Waals surface area contributed by atoms with Crippen LogP contribution in [-0.4, -0.2) is 24.0 Å². The molecule has 0 bridgehead atoms. The maximum absolute atomic E-state index is 10.5. The number of hydrogen-bond donors (Lipinski definition) is 1. The van der Waals surface area contributed by atoms with E-state index in [-0.39, 0.29) is 24.7 Å². The third kappa shape index (κ3) is 5.81. The third-order valence-electron chi connectivity index (χ3n) is 4.05. The molecule has 1 N–H and O–H groups in total. The SMILES string of the molecule is CCC1OCC(C/C=C\CCCC(=O)O)C(c2ccccc2)O1. The molecular formula is C19H26O4. The van der Waals surface area contributed by atoms with Crippen molar-refractivity contribution in [1.82, 2.24) is 0 Å². The van der Waals surface area contributed by atoms with E-state index in [9.17, 15) is 4.79 Å². The molecule has 2 rings (SSSR count). The topological polar surface area (TPSA) is 55.8 Å². The highest BCUT2D eigenvalue weighted by molar-refractivity contribution is 5.66. The summed E-state index contributed by atoms with van der Waals surface area (Å²) in [6.45, 7) is 2.76. The number of ether oxygens (including phenoxy) is 2. The van der Waals surface area contributed by atoms with Gasteiger partial charge in [-0.2, -0.15) is 0 Å². The Balaban J connectivity index is 1.90. The van der Waals surface area contributed by atoms with Crippen LogP contribution in [-0.2, 0) is 14.3 Å². The highest BCUT2D eigenvalue weighted by Crippen LogP contribution is 2.35. The average molecular weight is 318 g/mol. The normalized spacial score (nSPS) is 24.8. The summed E-state index contributed by atoms with van der Waals surface area (Å²) in [4.78, 5) is 10.5. The van der Waals surface area contributed by atoms with Crippen LogP contribution in [0.2, 0.25) is 0 Å². The first kappa shape index (κ1) is 17.7. The largest absolute Gasteiger partial charge is 0.481 e. The molecule has 0 spiro atoms. The van der Waals surface area contributed by atoms with Crippen LogP contribution in [0.15, 0.2) is 42.5 Å². The van der Waals surface area contributed by atoms with Gasteiger partial charge in [-0.25, -0.2) is 0 Å². The van der Waals surface area contributed by atoms with Gasteiger partial charge < -0.3 is 14.6 Å². The molecule has 1 saturated heterocycles. The standard InChI is InChI=1S/C19H26O4/c1-2-18-22-14-16(12-6-3-4-9-13-17(20)21)19(23-18)15-10-7-5-8-11-15/h3,5-8,10-11,16,18-19H,2,4,9,12-14H2,1H3,(H,20,21)/b6-3-. The zero-order chi connectivity index (χ0) is 16.5. The van der Waals surface area contributed by atoms with Gasteiger partial charge in [-0.3, -0.25) is 4.79 Å². The van der Waals surface area contributed by atoms with Crippen molar-refractivity contribution < 1.29 is 19.4 Å². The van der Waals surface area contributed by atoms with Gasteiger partial charge in [0.05, 0.1) is 12.7 Å². The number of rotatable bonds is 8. The van der Waals surface area contributed by atoms with E-state index in [1.165, 1.54) is 5.56 Å². The lowest BCUT2D eigenvalue weighted by Crippen LogP contribution is -2.34. The van der Waals surface area contributed by atoms with Gasteiger partial charge in [0, 0.05) is 12.3 Å². The van der Waals surface area contributed by atoms with Crippen LogP contribution in [0, 0.1) is 5.92 Å². The van der Waals surface area contributed by atoms with E-state index in [0.29, 0.717) is 13.0 Å².